The average Bonchev–Trinajstić information content (AvgIpc) is 2.69. The Bertz CT molecular complexity index is 1050. The highest BCUT2D eigenvalue weighted by Gasteiger charge is 2.22. The van der Waals surface area contributed by atoms with Gasteiger partial charge in [0.15, 0.2) is 9.84 Å². The van der Waals surface area contributed by atoms with Crippen LogP contribution in [0.3, 0.4) is 0 Å². The SMILES string of the molecule is CS(=O)(=O)c1cccc(-c2ccc(C(C(=O)NO)c3ccccc3)cc2)c1. The van der Waals surface area contributed by atoms with Crippen LogP contribution in [0.1, 0.15) is 17.0 Å². The second-order valence-corrected chi connectivity index (χ2v) is 8.26. The van der Waals surface area contributed by atoms with Crippen LogP contribution >= 0.6 is 0 Å². The summed E-state index contributed by atoms with van der Waals surface area (Å²) < 4.78 is 23.5. The molecule has 0 saturated heterocycles. The maximum absolute atomic E-state index is 12.2. The molecular weight excluding hydrogens is 362 g/mol. The van der Waals surface area contributed by atoms with Crippen LogP contribution in [0.5, 0.6) is 0 Å². The van der Waals surface area contributed by atoms with Gasteiger partial charge in [0.05, 0.1) is 10.8 Å². The van der Waals surface area contributed by atoms with Gasteiger partial charge in [-0.1, -0.05) is 66.7 Å². The first-order chi connectivity index (χ1) is 12.9. The third-order valence-corrected chi connectivity index (χ3v) is 5.46. The van der Waals surface area contributed by atoms with Gasteiger partial charge in [-0.3, -0.25) is 10.0 Å². The Balaban J connectivity index is 1.98. The van der Waals surface area contributed by atoms with Gasteiger partial charge in [-0.2, -0.15) is 0 Å². The van der Waals surface area contributed by atoms with Crippen molar-refractivity contribution in [3.8, 4) is 11.1 Å². The van der Waals surface area contributed by atoms with E-state index in [1.165, 1.54) is 6.26 Å². The minimum atomic E-state index is -3.29. The molecule has 0 bridgehead atoms. The molecule has 0 aliphatic heterocycles. The standard InChI is InChI=1S/C21H19NO4S/c1-27(25,26)19-9-5-8-18(14-19)15-10-12-17(13-11-15)20(21(23)22-24)16-6-3-2-4-7-16/h2-14,20,24H,1H3,(H,22,23). The number of nitrogens with one attached hydrogen (secondary N) is 1. The summed E-state index contributed by atoms with van der Waals surface area (Å²) in [6.45, 7) is 0. The lowest BCUT2D eigenvalue weighted by Gasteiger charge is -2.16. The van der Waals surface area contributed by atoms with Crippen LogP contribution < -0.4 is 5.48 Å². The minimum absolute atomic E-state index is 0.255. The highest BCUT2D eigenvalue weighted by molar-refractivity contribution is 7.90. The lowest BCUT2D eigenvalue weighted by atomic mass is 9.89. The molecule has 27 heavy (non-hydrogen) atoms. The van der Waals surface area contributed by atoms with E-state index in [-0.39, 0.29) is 4.90 Å². The Morgan fingerprint density at radius 1 is 0.852 bits per heavy atom. The van der Waals surface area contributed by atoms with Gasteiger partial charge >= 0.3 is 0 Å². The molecule has 3 aromatic rings. The fourth-order valence-electron chi connectivity index (χ4n) is 2.98. The number of hydroxylamine groups is 1. The largest absolute Gasteiger partial charge is 0.289 e. The van der Waals surface area contributed by atoms with E-state index in [2.05, 4.69) is 0 Å². The molecule has 2 N–H and O–H groups in total. The molecule has 138 valence electrons. The Kier molecular flexibility index (Phi) is 5.39. The zero-order valence-electron chi connectivity index (χ0n) is 14.7. The molecule has 0 radical (unpaired) electrons. The Labute approximate surface area is 158 Å². The van der Waals surface area contributed by atoms with Gasteiger partial charge in [0.25, 0.3) is 5.91 Å². The van der Waals surface area contributed by atoms with Gasteiger partial charge in [0.2, 0.25) is 0 Å². The fraction of sp³-hybridized carbons (Fsp3) is 0.0952. The summed E-state index contributed by atoms with van der Waals surface area (Å²) in [6.07, 6.45) is 1.17. The van der Waals surface area contributed by atoms with Gasteiger partial charge in [-0.15, -0.1) is 0 Å². The first-order valence-corrected chi connectivity index (χ1v) is 10.2. The summed E-state index contributed by atoms with van der Waals surface area (Å²) in [5.41, 5.74) is 4.81. The molecule has 3 rings (SSSR count). The van der Waals surface area contributed by atoms with Crippen LogP contribution in [-0.4, -0.2) is 25.8 Å². The molecule has 1 atom stereocenters. The van der Waals surface area contributed by atoms with Crippen LogP contribution in [0.4, 0.5) is 0 Å². The second kappa shape index (κ2) is 7.73. The molecular formula is C21H19NO4S. The monoisotopic (exact) mass is 381 g/mol. The quantitative estimate of drug-likeness (QED) is 0.524. The summed E-state index contributed by atoms with van der Waals surface area (Å²) in [5, 5.41) is 9.11. The molecule has 0 spiro atoms. The highest BCUT2D eigenvalue weighted by atomic mass is 32.2. The molecule has 5 nitrogen and oxygen atoms in total. The van der Waals surface area contributed by atoms with Crippen molar-refractivity contribution < 1.29 is 18.4 Å². The molecule has 6 heteroatoms. The first-order valence-electron chi connectivity index (χ1n) is 8.29. The molecule has 0 heterocycles. The lowest BCUT2D eigenvalue weighted by Crippen LogP contribution is -2.27. The summed E-state index contributed by atoms with van der Waals surface area (Å²) in [7, 11) is -3.29. The minimum Gasteiger partial charge on any atom is -0.289 e. The third-order valence-electron chi connectivity index (χ3n) is 4.34. The number of hydrogen-bond donors (Lipinski definition) is 2. The van der Waals surface area contributed by atoms with E-state index >= 15 is 0 Å². The summed E-state index contributed by atoms with van der Waals surface area (Å²) >= 11 is 0. The smallest absolute Gasteiger partial charge is 0.255 e. The molecule has 1 amide bonds. The topological polar surface area (TPSA) is 83.5 Å². The van der Waals surface area contributed by atoms with Crippen molar-refractivity contribution in [3.63, 3.8) is 0 Å². The van der Waals surface area contributed by atoms with Crippen molar-refractivity contribution >= 4 is 15.7 Å². The predicted octanol–water partition coefficient (Wildman–Crippen LogP) is 3.39. The van der Waals surface area contributed by atoms with Crippen LogP contribution in [0.15, 0.2) is 83.8 Å². The highest BCUT2D eigenvalue weighted by Crippen LogP contribution is 2.28. The zero-order chi connectivity index (χ0) is 19.4. The van der Waals surface area contributed by atoms with Gasteiger partial charge in [-0.05, 0) is 34.4 Å². The van der Waals surface area contributed by atoms with E-state index in [1.807, 2.05) is 48.5 Å². The number of carbonyl (C=O) groups is 1. The number of hydrogen-bond acceptors (Lipinski definition) is 4. The molecule has 0 aliphatic rings. The van der Waals surface area contributed by atoms with Gasteiger partial charge in [-0.25, -0.2) is 13.9 Å². The van der Waals surface area contributed by atoms with E-state index in [0.717, 1.165) is 22.3 Å². The number of rotatable bonds is 5. The van der Waals surface area contributed by atoms with E-state index in [4.69, 9.17) is 5.21 Å². The zero-order valence-corrected chi connectivity index (χ0v) is 15.5. The third kappa shape index (κ3) is 4.24. The van der Waals surface area contributed by atoms with Crippen molar-refractivity contribution in [1.82, 2.24) is 5.48 Å². The maximum Gasteiger partial charge on any atom is 0.255 e. The number of benzene rings is 3. The Hall–Kier alpha value is -2.96. The predicted molar refractivity (Wildman–Crippen MR) is 103 cm³/mol. The van der Waals surface area contributed by atoms with E-state index in [0.29, 0.717) is 0 Å². The van der Waals surface area contributed by atoms with E-state index in [1.54, 1.807) is 35.8 Å². The second-order valence-electron chi connectivity index (χ2n) is 6.24. The van der Waals surface area contributed by atoms with Crippen LogP contribution in [0.2, 0.25) is 0 Å². The van der Waals surface area contributed by atoms with Crippen molar-refractivity contribution in [3.05, 3.63) is 90.0 Å². The fourth-order valence-corrected chi connectivity index (χ4v) is 3.65. The van der Waals surface area contributed by atoms with Crippen LogP contribution in [0, 0.1) is 0 Å². The number of carbonyl (C=O) groups excluding carboxylic acids is 1. The average molecular weight is 381 g/mol. The summed E-state index contributed by atoms with van der Waals surface area (Å²) in [6, 6.07) is 23.1. The van der Waals surface area contributed by atoms with E-state index in [9.17, 15) is 13.2 Å². The lowest BCUT2D eigenvalue weighted by molar-refractivity contribution is -0.129. The number of sulfone groups is 1. The Morgan fingerprint density at radius 2 is 1.48 bits per heavy atom. The molecule has 0 aromatic heterocycles. The van der Waals surface area contributed by atoms with Crippen LogP contribution in [0.25, 0.3) is 11.1 Å². The van der Waals surface area contributed by atoms with Crippen molar-refractivity contribution in [1.29, 1.82) is 0 Å². The molecule has 0 aliphatic carbocycles. The van der Waals surface area contributed by atoms with Crippen molar-refractivity contribution in [2.24, 2.45) is 0 Å². The summed E-state index contributed by atoms with van der Waals surface area (Å²) in [5.74, 6) is -1.17. The normalized spacial score (nSPS) is 12.4. The van der Waals surface area contributed by atoms with Crippen LogP contribution in [-0.2, 0) is 14.6 Å². The molecule has 1 unspecified atom stereocenters. The van der Waals surface area contributed by atoms with Gasteiger partial charge in [0.1, 0.15) is 0 Å². The molecule has 0 saturated carbocycles. The van der Waals surface area contributed by atoms with E-state index < -0.39 is 21.7 Å². The van der Waals surface area contributed by atoms with Crippen molar-refractivity contribution in [2.75, 3.05) is 6.26 Å². The maximum atomic E-state index is 12.2. The first kappa shape index (κ1) is 18.8. The summed E-state index contributed by atoms with van der Waals surface area (Å²) in [4.78, 5) is 12.5. The van der Waals surface area contributed by atoms with Gasteiger partial charge < -0.3 is 0 Å². The van der Waals surface area contributed by atoms with Crippen molar-refractivity contribution in [2.45, 2.75) is 10.8 Å². The number of amides is 1. The molecule has 3 aromatic carbocycles. The van der Waals surface area contributed by atoms with Gasteiger partial charge in [0, 0.05) is 6.26 Å². The Morgan fingerprint density at radius 3 is 2.07 bits per heavy atom. The molecule has 0 fully saturated rings.